The quantitative estimate of drug-likeness (QED) is 0.394. The van der Waals surface area contributed by atoms with Gasteiger partial charge < -0.3 is 20.1 Å². The summed E-state index contributed by atoms with van der Waals surface area (Å²) in [6, 6.07) is 1.30. The summed E-state index contributed by atoms with van der Waals surface area (Å²) in [6.45, 7) is 16.2. The minimum absolute atomic E-state index is 0.0609. The summed E-state index contributed by atoms with van der Waals surface area (Å²) in [5, 5.41) is 14.0. The molecule has 38 heavy (non-hydrogen) atoms. The van der Waals surface area contributed by atoms with Gasteiger partial charge >= 0.3 is 0 Å². The Morgan fingerprint density at radius 3 is 2.58 bits per heavy atom. The van der Waals surface area contributed by atoms with Crippen molar-refractivity contribution in [2.24, 2.45) is 40.4 Å². The van der Waals surface area contributed by atoms with Crippen LogP contribution in [0.2, 0.25) is 0 Å². The predicted molar refractivity (Wildman–Crippen MR) is 154 cm³/mol. The van der Waals surface area contributed by atoms with Gasteiger partial charge in [-0.3, -0.25) is 0 Å². The van der Waals surface area contributed by atoms with Crippen LogP contribution in [0.1, 0.15) is 112 Å². The van der Waals surface area contributed by atoms with Crippen LogP contribution < -0.4 is 5.32 Å². The molecule has 7 aliphatic rings. The number of rotatable bonds is 1. The molecule has 0 aromatic rings. The van der Waals surface area contributed by atoms with Gasteiger partial charge in [0.15, 0.2) is 0 Å². The number of ether oxygens (including phenoxy) is 1. The lowest BCUT2D eigenvalue weighted by Crippen LogP contribution is -2.57. The van der Waals surface area contributed by atoms with Crippen molar-refractivity contribution in [2.75, 3.05) is 19.6 Å². The third-order valence-electron chi connectivity index (χ3n) is 14.3. The van der Waals surface area contributed by atoms with Gasteiger partial charge in [-0.25, -0.2) is 0 Å². The fourth-order valence-corrected chi connectivity index (χ4v) is 11.7. The smallest absolute Gasteiger partial charge is 0.0765 e. The van der Waals surface area contributed by atoms with E-state index >= 15 is 0 Å². The number of hydrogen-bond acceptors (Lipinski definition) is 4. The van der Waals surface area contributed by atoms with Crippen molar-refractivity contribution in [1.82, 2.24) is 10.2 Å². The molecule has 214 valence electrons. The van der Waals surface area contributed by atoms with Gasteiger partial charge in [0.25, 0.3) is 0 Å². The highest BCUT2D eigenvalue weighted by Crippen LogP contribution is 2.69. The molecule has 3 saturated carbocycles. The van der Waals surface area contributed by atoms with E-state index in [1.165, 1.54) is 64.2 Å². The predicted octanol–water partition coefficient (Wildman–Crippen LogP) is 6.33. The lowest BCUT2D eigenvalue weighted by molar-refractivity contribution is -0.123. The molecule has 0 aromatic carbocycles. The van der Waals surface area contributed by atoms with Crippen LogP contribution in [0.4, 0.5) is 0 Å². The minimum Gasteiger partial charge on any atom is -0.393 e. The maximum Gasteiger partial charge on any atom is 0.0765 e. The molecular weight excluding hydrogens is 468 g/mol. The maximum atomic E-state index is 10.1. The van der Waals surface area contributed by atoms with E-state index in [0.29, 0.717) is 28.9 Å². The van der Waals surface area contributed by atoms with Crippen LogP contribution in [-0.4, -0.2) is 59.5 Å². The zero-order valence-corrected chi connectivity index (χ0v) is 25.1. The molecule has 2 unspecified atom stereocenters. The second-order valence-corrected chi connectivity index (χ2v) is 16.1. The van der Waals surface area contributed by atoms with Crippen LogP contribution in [0.5, 0.6) is 0 Å². The Bertz CT molecular complexity index is 956. The van der Waals surface area contributed by atoms with Crippen LogP contribution >= 0.6 is 0 Å². The van der Waals surface area contributed by atoms with Gasteiger partial charge in [-0.15, -0.1) is 0 Å². The lowest BCUT2D eigenvalue weighted by Gasteiger charge is -2.62. The number of fused-ring (bicyclic) bond motifs is 6. The Hall–Kier alpha value is -0.420. The normalized spacial score (nSPS) is 53.8. The summed E-state index contributed by atoms with van der Waals surface area (Å²) in [5.41, 5.74) is 4.60. The molecule has 0 amide bonds. The molecular formula is C34H56N2O2. The van der Waals surface area contributed by atoms with Crippen LogP contribution in [0.25, 0.3) is 0 Å². The van der Waals surface area contributed by atoms with Gasteiger partial charge in [0.2, 0.25) is 0 Å². The molecule has 6 fully saturated rings. The van der Waals surface area contributed by atoms with Gasteiger partial charge in [-0.1, -0.05) is 38.8 Å². The topological polar surface area (TPSA) is 44.7 Å². The molecule has 1 spiro atoms. The SMILES string of the molecule is CC1=C2C[C@H]3[C@@H](CCC4(C)CC(N5CCC(O)CC5)CC[C@]34C)[C@@H]2CC[C@@]2(C1)O[C@@H]1C[C@H](C)CN[C@H]1[C@H]2C. The van der Waals surface area contributed by atoms with Gasteiger partial charge in [0.1, 0.15) is 0 Å². The van der Waals surface area contributed by atoms with E-state index in [0.717, 1.165) is 62.2 Å². The van der Waals surface area contributed by atoms with E-state index in [2.05, 4.69) is 44.8 Å². The number of aliphatic hydroxyl groups excluding tert-OH is 1. The molecule has 4 heteroatoms. The lowest BCUT2D eigenvalue weighted by atomic mass is 9.45. The van der Waals surface area contributed by atoms with Gasteiger partial charge in [0, 0.05) is 31.1 Å². The number of hydrogen-bond donors (Lipinski definition) is 2. The molecule has 3 heterocycles. The number of aliphatic hydroxyl groups is 1. The molecule has 2 N–H and O–H groups in total. The second kappa shape index (κ2) is 9.30. The monoisotopic (exact) mass is 524 g/mol. The average molecular weight is 525 g/mol. The van der Waals surface area contributed by atoms with Crippen molar-refractivity contribution in [3.8, 4) is 0 Å². The summed E-state index contributed by atoms with van der Waals surface area (Å²) >= 11 is 0. The first-order chi connectivity index (χ1) is 18.1. The molecule has 11 atom stereocenters. The zero-order valence-electron chi connectivity index (χ0n) is 25.1. The van der Waals surface area contributed by atoms with Crippen LogP contribution in [0.15, 0.2) is 11.1 Å². The summed E-state index contributed by atoms with van der Waals surface area (Å²) < 4.78 is 7.11. The molecule has 0 bridgehead atoms. The highest BCUT2D eigenvalue weighted by Gasteiger charge is 2.62. The third-order valence-corrected chi connectivity index (χ3v) is 14.3. The van der Waals surface area contributed by atoms with Crippen molar-refractivity contribution in [1.29, 1.82) is 0 Å². The van der Waals surface area contributed by atoms with Crippen molar-refractivity contribution in [3.63, 3.8) is 0 Å². The maximum absolute atomic E-state index is 10.1. The van der Waals surface area contributed by atoms with E-state index in [9.17, 15) is 5.11 Å². The fraction of sp³-hybridized carbons (Fsp3) is 0.941. The highest BCUT2D eigenvalue weighted by molar-refractivity contribution is 5.30. The molecule has 4 aliphatic carbocycles. The number of nitrogens with one attached hydrogen (secondary N) is 1. The Labute approximate surface area is 232 Å². The number of piperidine rings is 2. The van der Waals surface area contributed by atoms with Crippen LogP contribution in [0, 0.1) is 40.4 Å². The van der Waals surface area contributed by atoms with Crippen molar-refractivity contribution < 1.29 is 9.84 Å². The first-order valence-electron chi connectivity index (χ1n) is 16.6. The van der Waals surface area contributed by atoms with E-state index < -0.39 is 0 Å². The summed E-state index contributed by atoms with van der Waals surface area (Å²) in [5.74, 6) is 3.93. The van der Waals surface area contributed by atoms with E-state index in [4.69, 9.17) is 4.74 Å². The number of likely N-dealkylation sites (tertiary alicyclic amines) is 1. The first kappa shape index (κ1) is 26.5. The Kier molecular flexibility index (Phi) is 6.48. The van der Waals surface area contributed by atoms with Gasteiger partial charge in [-0.2, -0.15) is 0 Å². The summed E-state index contributed by atoms with van der Waals surface area (Å²) in [6.07, 6.45) is 15.8. The van der Waals surface area contributed by atoms with Crippen molar-refractivity contribution >= 4 is 0 Å². The van der Waals surface area contributed by atoms with Crippen LogP contribution in [0.3, 0.4) is 0 Å². The van der Waals surface area contributed by atoms with E-state index in [-0.39, 0.29) is 11.7 Å². The summed E-state index contributed by atoms with van der Waals surface area (Å²) in [4.78, 5) is 2.75. The van der Waals surface area contributed by atoms with Crippen molar-refractivity contribution in [2.45, 2.75) is 142 Å². The number of allylic oxidation sites excluding steroid dienone is 1. The van der Waals surface area contributed by atoms with Crippen LogP contribution in [-0.2, 0) is 4.74 Å². The molecule has 0 radical (unpaired) electrons. The molecule has 3 aliphatic heterocycles. The van der Waals surface area contributed by atoms with Gasteiger partial charge in [0.05, 0.1) is 17.8 Å². The van der Waals surface area contributed by atoms with E-state index in [1.807, 2.05) is 5.57 Å². The Balaban J connectivity index is 1.11. The summed E-state index contributed by atoms with van der Waals surface area (Å²) in [7, 11) is 0. The third kappa shape index (κ3) is 3.89. The molecule has 7 rings (SSSR count). The zero-order chi connectivity index (χ0) is 26.4. The average Bonchev–Trinajstić information content (AvgIpc) is 3.34. The Morgan fingerprint density at radius 2 is 1.79 bits per heavy atom. The fourth-order valence-electron chi connectivity index (χ4n) is 11.7. The minimum atomic E-state index is -0.0609. The molecule has 4 nitrogen and oxygen atoms in total. The molecule has 0 aromatic heterocycles. The highest BCUT2D eigenvalue weighted by atomic mass is 16.5. The Morgan fingerprint density at radius 1 is 1.00 bits per heavy atom. The number of nitrogens with zero attached hydrogens (tertiary/aromatic N) is 1. The first-order valence-corrected chi connectivity index (χ1v) is 16.6. The molecule has 3 saturated heterocycles. The standard InChI is InChI=1S/C34H56N2O2/c1-21-16-30-31(35-20-21)23(3)34(38-30)13-8-26-27-7-11-32(4)19-24(36-14-9-25(37)10-15-36)6-12-33(32,5)29(27)17-28(26)22(2)18-34/h21,23-27,29-31,35,37H,6-20H2,1-5H3/t21-,23+,24?,26-,27-,29-,30+,31-,32?,33+,34-/m0/s1. The van der Waals surface area contributed by atoms with E-state index in [1.54, 1.807) is 5.57 Å². The van der Waals surface area contributed by atoms with Crippen molar-refractivity contribution in [3.05, 3.63) is 11.1 Å². The largest absolute Gasteiger partial charge is 0.393 e. The second-order valence-electron chi connectivity index (χ2n) is 16.1. The van der Waals surface area contributed by atoms with Gasteiger partial charge in [-0.05, 0) is 125 Å².